The number of fused-ring (bicyclic) bond motifs is 1. The molecule has 3 rings (SSSR count). The number of hydrogen-bond donors (Lipinski definition) is 0. The first-order chi connectivity index (χ1) is 12.7. The minimum atomic E-state index is 0.430. The Labute approximate surface area is 163 Å². The van der Waals surface area contributed by atoms with E-state index in [1.165, 1.54) is 0 Å². The molecule has 3 heteroatoms. The van der Waals surface area contributed by atoms with Gasteiger partial charge in [0, 0.05) is 23.1 Å². The Morgan fingerprint density at radius 1 is 0.923 bits per heavy atom. The molecule has 0 saturated heterocycles. The second kappa shape index (κ2) is 8.20. The molecule has 0 fully saturated rings. The largest absolute Gasteiger partial charge is 0.406 e. The maximum absolute atomic E-state index is 6.22. The minimum Gasteiger partial charge on any atom is -0.406 e. The highest BCUT2D eigenvalue weighted by molar-refractivity contribution is 6.18. The van der Waals surface area contributed by atoms with Gasteiger partial charge < -0.3 is 4.74 Å². The summed E-state index contributed by atoms with van der Waals surface area (Å²) in [4.78, 5) is 0. The zero-order chi connectivity index (χ0) is 18.5. The molecule has 0 amide bonds. The minimum absolute atomic E-state index is 0.430. The Hall–Kier alpha value is -2.58. The smallest absolute Gasteiger partial charge is 0.148 e. The molecular formula is C23H16Cl2O. The van der Waals surface area contributed by atoms with Crippen molar-refractivity contribution in [2.45, 2.75) is 18.7 Å². The molecule has 3 aromatic carbocycles. The van der Waals surface area contributed by atoms with Gasteiger partial charge in [0.1, 0.15) is 11.9 Å². The van der Waals surface area contributed by atoms with Crippen molar-refractivity contribution < 1.29 is 4.74 Å². The van der Waals surface area contributed by atoms with Crippen LogP contribution in [0.1, 0.15) is 16.7 Å². The summed E-state index contributed by atoms with van der Waals surface area (Å²) < 4.78 is 5.52. The molecule has 0 heterocycles. The van der Waals surface area contributed by atoms with Crippen molar-refractivity contribution >= 4 is 34.0 Å². The van der Waals surface area contributed by atoms with Crippen LogP contribution in [-0.4, -0.2) is 0 Å². The normalized spacial score (nSPS) is 10.1. The van der Waals surface area contributed by atoms with E-state index in [1.807, 2.05) is 30.3 Å². The van der Waals surface area contributed by atoms with Gasteiger partial charge in [0.2, 0.25) is 0 Å². The lowest BCUT2D eigenvalue weighted by Gasteiger charge is -2.15. The first-order valence-electron chi connectivity index (χ1n) is 8.08. The van der Waals surface area contributed by atoms with E-state index < -0.39 is 0 Å². The van der Waals surface area contributed by atoms with Gasteiger partial charge in [0.05, 0.1) is 0 Å². The average molecular weight is 379 g/mol. The molecule has 0 saturated carbocycles. The van der Waals surface area contributed by atoms with Crippen molar-refractivity contribution in [1.29, 1.82) is 0 Å². The van der Waals surface area contributed by atoms with Crippen LogP contribution in [0.15, 0.2) is 48.5 Å². The highest BCUT2D eigenvalue weighted by atomic mass is 35.5. The van der Waals surface area contributed by atoms with Crippen LogP contribution in [0.5, 0.6) is 5.75 Å². The topological polar surface area (TPSA) is 9.23 Å². The van der Waals surface area contributed by atoms with E-state index in [9.17, 15) is 0 Å². The number of alkyl halides is 2. The van der Waals surface area contributed by atoms with Crippen molar-refractivity contribution in [3.8, 4) is 41.2 Å². The van der Waals surface area contributed by atoms with Crippen LogP contribution < -0.4 is 4.74 Å². The van der Waals surface area contributed by atoms with Gasteiger partial charge in [-0.05, 0) is 64.2 Å². The number of halogens is 2. The van der Waals surface area contributed by atoms with Gasteiger partial charge in [0.15, 0.2) is 0 Å². The zero-order valence-electron chi connectivity index (χ0n) is 14.3. The summed E-state index contributed by atoms with van der Waals surface area (Å²) >= 11 is 12.3. The van der Waals surface area contributed by atoms with Crippen LogP contribution in [-0.2, 0) is 11.8 Å². The van der Waals surface area contributed by atoms with Gasteiger partial charge in [-0.1, -0.05) is 30.3 Å². The van der Waals surface area contributed by atoms with Gasteiger partial charge >= 0.3 is 0 Å². The molecule has 0 aliphatic rings. The van der Waals surface area contributed by atoms with E-state index in [2.05, 4.69) is 43.1 Å². The summed E-state index contributed by atoms with van der Waals surface area (Å²) in [7, 11) is 0. The first kappa shape index (κ1) is 18.2. The predicted octanol–water partition coefficient (Wildman–Crippen LogP) is 6.27. The number of rotatable bonds is 4. The third-order valence-electron chi connectivity index (χ3n) is 4.31. The number of aryl methyl sites for hydroxylation is 1. The number of terminal acetylenes is 1. The second-order valence-corrected chi connectivity index (χ2v) is 6.37. The van der Waals surface area contributed by atoms with Crippen molar-refractivity contribution in [2.24, 2.45) is 0 Å². The quantitative estimate of drug-likeness (QED) is 0.384. The molecule has 0 atom stereocenters. The van der Waals surface area contributed by atoms with Crippen molar-refractivity contribution in [2.75, 3.05) is 0 Å². The van der Waals surface area contributed by atoms with Crippen LogP contribution in [0.3, 0.4) is 0 Å². The maximum atomic E-state index is 6.22. The SMILES string of the molecule is C#CC#COc1ccc(-c2cc(CCl)c(C)cc2CCl)c2ccccc12. The lowest BCUT2D eigenvalue weighted by molar-refractivity contribution is 0.526. The van der Waals surface area contributed by atoms with E-state index in [0.717, 1.165) is 38.6 Å². The van der Waals surface area contributed by atoms with Crippen LogP contribution >= 0.6 is 23.2 Å². The molecule has 0 radical (unpaired) electrons. The molecule has 0 unspecified atom stereocenters. The van der Waals surface area contributed by atoms with Crippen LogP contribution in [0, 0.1) is 31.3 Å². The van der Waals surface area contributed by atoms with Crippen molar-refractivity contribution in [3.63, 3.8) is 0 Å². The van der Waals surface area contributed by atoms with E-state index in [4.69, 9.17) is 34.4 Å². The van der Waals surface area contributed by atoms with Gasteiger partial charge in [-0.2, -0.15) is 0 Å². The molecular weight excluding hydrogens is 363 g/mol. The van der Waals surface area contributed by atoms with Crippen LogP contribution in [0.2, 0.25) is 0 Å². The molecule has 26 heavy (non-hydrogen) atoms. The molecule has 1 nitrogen and oxygen atoms in total. The Morgan fingerprint density at radius 2 is 1.65 bits per heavy atom. The molecule has 128 valence electrons. The van der Waals surface area contributed by atoms with Gasteiger partial charge in [-0.15, -0.1) is 29.6 Å². The molecule has 0 N–H and O–H groups in total. The summed E-state index contributed by atoms with van der Waals surface area (Å²) in [6, 6.07) is 16.2. The number of hydrogen-bond acceptors (Lipinski definition) is 1. The second-order valence-electron chi connectivity index (χ2n) is 5.83. The standard InChI is InChI=1S/C23H16Cl2O/c1-3-4-11-26-23-10-9-20(19-7-5-6-8-21(19)23)22-13-17(14-24)16(2)12-18(22)15-25/h1,5-10,12-13H,14-15H2,2H3. The lowest BCUT2D eigenvalue weighted by atomic mass is 9.92. The fraction of sp³-hybridized carbons (Fsp3) is 0.130. The van der Waals surface area contributed by atoms with Gasteiger partial charge in [0.25, 0.3) is 0 Å². The number of benzene rings is 3. The van der Waals surface area contributed by atoms with Crippen LogP contribution in [0.4, 0.5) is 0 Å². The average Bonchev–Trinajstić information content (AvgIpc) is 2.68. The molecule has 0 aromatic heterocycles. The summed E-state index contributed by atoms with van der Waals surface area (Å²) in [5.41, 5.74) is 5.48. The maximum Gasteiger partial charge on any atom is 0.148 e. The summed E-state index contributed by atoms with van der Waals surface area (Å²) in [6.45, 7) is 2.05. The molecule has 0 aliphatic heterocycles. The van der Waals surface area contributed by atoms with Crippen LogP contribution in [0.25, 0.3) is 21.9 Å². The first-order valence-corrected chi connectivity index (χ1v) is 9.15. The Morgan fingerprint density at radius 3 is 2.35 bits per heavy atom. The Balaban J connectivity index is 2.24. The van der Waals surface area contributed by atoms with Crippen molar-refractivity contribution in [3.05, 3.63) is 65.2 Å². The monoisotopic (exact) mass is 378 g/mol. The van der Waals surface area contributed by atoms with E-state index in [0.29, 0.717) is 17.5 Å². The fourth-order valence-electron chi connectivity index (χ4n) is 3.02. The summed E-state index contributed by atoms with van der Waals surface area (Å²) in [6.07, 6.45) is 7.68. The lowest BCUT2D eigenvalue weighted by Crippen LogP contribution is -1.95. The number of ether oxygens (including phenoxy) is 1. The molecule has 0 bridgehead atoms. The fourth-order valence-corrected chi connectivity index (χ4v) is 3.53. The highest BCUT2D eigenvalue weighted by Crippen LogP contribution is 2.37. The summed E-state index contributed by atoms with van der Waals surface area (Å²) in [5.74, 6) is 6.27. The van der Waals surface area contributed by atoms with E-state index in [-0.39, 0.29) is 0 Å². The third kappa shape index (κ3) is 3.51. The van der Waals surface area contributed by atoms with Crippen molar-refractivity contribution in [1.82, 2.24) is 0 Å². The Bertz CT molecular complexity index is 1070. The Kier molecular flexibility index (Phi) is 5.75. The molecule has 0 aliphatic carbocycles. The zero-order valence-corrected chi connectivity index (χ0v) is 15.8. The van der Waals surface area contributed by atoms with Gasteiger partial charge in [-0.3, -0.25) is 0 Å². The third-order valence-corrected chi connectivity index (χ3v) is 4.88. The molecule has 0 spiro atoms. The van der Waals surface area contributed by atoms with E-state index in [1.54, 1.807) is 0 Å². The van der Waals surface area contributed by atoms with Gasteiger partial charge in [-0.25, -0.2) is 0 Å². The summed E-state index contributed by atoms with van der Waals surface area (Å²) in [5, 5.41) is 2.02. The molecule has 3 aromatic rings. The highest BCUT2D eigenvalue weighted by Gasteiger charge is 2.13. The predicted molar refractivity (Wildman–Crippen MR) is 110 cm³/mol. The van der Waals surface area contributed by atoms with E-state index >= 15 is 0 Å².